The zero-order chi connectivity index (χ0) is 24.0. The predicted molar refractivity (Wildman–Crippen MR) is 153 cm³/mol. The molecule has 1 heterocycles. The van der Waals surface area contributed by atoms with Crippen molar-refractivity contribution in [2.75, 3.05) is 0 Å². The van der Waals surface area contributed by atoms with E-state index in [4.69, 9.17) is 11.6 Å². The highest BCUT2D eigenvalue weighted by atomic mass is 35.5. The van der Waals surface area contributed by atoms with E-state index in [2.05, 4.69) is 103 Å². The fourth-order valence-electron chi connectivity index (χ4n) is 4.21. The van der Waals surface area contributed by atoms with Crippen molar-refractivity contribution < 1.29 is 4.79 Å². The van der Waals surface area contributed by atoms with Crippen molar-refractivity contribution in [3.8, 4) is 0 Å². The van der Waals surface area contributed by atoms with Crippen molar-refractivity contribution >= 4 is 59.3 Å². The van der Waals surface area contributed by atoms with E-state index in [-0.39, 0.29) is 0 Å². The molecule has 1 aromatic heterocycles. The lowest BCUT2D eigenvalue weighted by Crippen LogP contribution is -2.19. The lowest BCUT2D eigenvalue weighted by Gasteiger charge is -2.19. The van der Waals surface area contributed by atoms with E-state index in [1.807, 2.05) is 30.5 Å². The predicted octanol–water partition coefficient (Wildman–Crippen LogP) is 6.09. The van der Waals surface area contributed by atoms with Gasteiger partial charge in [-0.2, -0.15) is 0 Å². The smallest absolute Gasteiger partial charge is 0.277 e. The van der Waals surface area contributed by atoms with Gasteiger partial charge in [-0.3, -0.25) is 9.36 Å². The van der Waals surface area contributed by atoms with Crippen LogP contribution in [-0.4, -0.2) is 9.93 Å². The molecule has 5 rings (SSSR count). The van der Waals surface area contributed by atoms with Gasteiger partial charge in [-0.15, -0.1) is 0 Å². The Balaban J connectivity index is 1.60. The van der Waals surface area contributed by atoms with E-state index >= 15 is 0 Å². The molecule has 0 amide bonds. The molecule has 0 aliphatic carbocycles. The van der Waals surface area contributed by atoms with Crippen LogP contribution in [0.5, 0.6) is 0 Å². The van der Waals surface area contributed by atoms with Crippen molar-refractivity contribution in [1.82, 2.24) is 4.57 Å². The first-order valence-electron chi connectivity index (χ1n) is 11.4. The average Bonchev–Trinajstić information content (AvgIpc) is 3.33. The summed E-state index contributed by atoms with van der Waals surface area (Å²) in [7, 11) is -1.53. The van der Waals surface area contributed by atoms with Gasteiger partial charge in [0.05, 0.1) is 0 Å². The topological polar surface area (TPSA) is 22.0 Å². The molecular weight excluding hydrogens is 488 g/mol. The molecule has 5 aromatic rings. The Morgan fingerprint density at radius 2 is 1.00 bits per heavy atom. The first-order chi connectivity index (χ1) is 17.2. The van der Waals surface area contributed by atoms with E-state index in [0.717, 1.165) is 17.2 Å². The molecule has 0 fully saturated rings. The molecule has 0 unspecified atom stereocenters. The first kappa shape index (κ1) is 23.7. The largest absolute Gasteiger partial charge is 0.324 e. The normalized spacial score (nSPS) is 11.2. The molecule has 35 heavy (non-hydrogen) atoms. The maximum Gasteiger partial charge on any atom is 0.324 e. The highest BCUT2D eigenvalue weighted by molar-refractivity contribution is 7.79. The monoisotopic (exact) mass is 511 g/mol. The average molecular weight is 512 g/mol. The summed E-state index contributed by atoms with van der Waals surface area (Å²) in [6.07, 6.45) is 2.68. The number of halogens is 1. The van der Waals surface area contributed by atoms with E-state index in [1.54, 1.807) is 4.57 Å². The molecule has 0 saturated heterocycles. The maximum absolute atomic E-state index is 12.6. The second-order valence-corrected chi connectivity index (χ2v) is 12.8. The van der Waals surface area contributed by atoms with Gasteiger partial charge in [0.2, 0.25) is 0 Å². The molecule has 5 heteroatoms. The van der Waals surface area contributed by atoms with Crippen LogP contribution in [-0.2, 0) is 6.16 Å². The van der Waals surface area contributed by atoms with Gasteiger partial charge in [0.15, 0.2) is 0 Å². The Hall–Kier alpha value is -3.02. The van der Waals surface area contributed by atoms with Crippen molar-refractivity contribution in [2.24, 2.45) is 0 Å². The third kappa shape index (κ3) is 5.47. The van der Waals surface area contributed by atoms with Crippen LogP contribution >= 0.6 is 27.4 Å². The van der Waals surface area contributed by atoms with Gasteiger partial charge in [0.1, 0.15) is 0 Å². The van der Waals surface area contributed by atoms with Crippen LogP contribution < -0.4 is 26.5 Å². The molecule has 0 spiro atoms. The van der Waals surface area contributed by atoms with Gasteiger partial charge in [-0.1, -0.05) is 121 Å². The van der Waals surface area contributed by atoms with E-state index in [0.29, 0.717) is 0 Å². The third-order valence-corrected chi connectivity index (χ3v) is 10.9. The fourth-order valence-corrected chi connectivity index (χ4v) is 9.01. The van der Waals surface area contributed by atoms with Crippen molar-refractivity contribution in [2.45, 2.75) is 6.16 Å². The standard InChI is InChI=1S/C30H24ClNOP2/c31-30(33)32-22-29(35(27-17-9-3-10-18-27)28-19-11-4-12-20-28)21-24(32)23-34(25-13-5-1-6-14-25)26-15-7-2-8-16-26/h1-22H,23H2. The van der Waals surface area contributed by atoms with Crippen LogP contribution in [0.15, 0.2) is 134 Å². The Morgan fingerprint density at radius 3 is 1.40 bits per heavy atom. The minimum Gasteiger partial charge on any atom is -0.277 e. The molecule has 0 aliphatic rings. The molecule has 4 aromatic carbocycles. The summed E-state index contributed by atoms with van der Waals surface area (Å²) in [4.78, 5) is 12.6. The van der Waals surface area contributed by atoms with E-state index in [9.17, 15) is 4.79 Å². The zero-order valence-corrected chi connectivity index (χ0v) is 21.6. The SMILES string of the molecule is O=C(Cl)n1cc(P(c2ccccc2)c2ccccc2)cc1CP(c1ccccc1)c1ccccc1. The van der Waals surface area contributed by atoms with Gasteiger partial charge in [-0.25, -0.2) is 0 Å². The quantitative estimate of drug-likeness (QED) is 0.191. The number of rotatable bonds is 7. The summed E-state index contributed by atoms with van der Waals surface area (Å²) in [5.74, 6) is 0. The Bertz CT molecular complexity index is 1310. The summed E-state index contributed by atoms with van der Waals surface area (Å²) in [6, 6.07) is 44.3. The number of hydrogen-bond acceptors (Lipinski definition) is 1. The molecule has 0 aliphatic heterocycles. The summed E-state index contributed by atoms with van der Waals surface area (Å²) >= 11 is 6.13. The first-order valence-corrected chi connectivity index (χ1v) is 14.6. The summed E-state index contributed by atoms with van der Waals surface area (Å²) in [5, 5.41) is 5.69. The Kier molecular flexibility index (Phi) is 7.55. The van der Waals surface area contributed by atoms with Gasteiger partial charge in [0, 0.05) is 23.4 Å². The molecule has 0 atom stereocenters. The van der Waals surface area contributed by atoms with E-state index in [1.165, 1.54) is 21.2 Å². The molecule has 0 radical (unpaired) electrons. The number of hydrogen-bond donors (Lipinski definition) is 0. The van der Waals surface area contributed by atoms with Crippen molar-refractivity contribution in [1.29, 1.82) is 0 Å². The highest BCUT2D eigenvalue weighted by Gasteiger charge is 2.23. The van der Waals surface area contributed by atoms with Crippen molar-refractivity contribution in [3.05, 3.63) is 139 Å². The fraction of sp³-hybridized carbons (Fsp3) is 0.0333. The third-order valence-electron chi connectivity index (χ3n) is 5.82. The van der Waals surface area contributed by atoms with Gasteiger partial charge in [-0.05, 0) is 54.7 Å². The van der Waals surface area contributed by atoms with Crippen LogP contribution in [0.3, 0.4) is 0 Å². The molecule has 0 bridgehead atoms. The molecule has 172 valence electrons. The second kappa shape index (κ2) is 11.1. The van der Waals surface area contributed by atoms with Gasteiger partial charge < -0.3 is 0 Å². The molecular formula is C30H24ClNOP2. The highest BCUT2D eigenvalue weighted by Crippen LogP contribution is 2.40. The lowest BCUT2D eigenvalue weighted by atomic mass is 10.4. The Morgan fingerprint density at radius 1 is 0.600 bits per heavy atom. The summed E-state index contributed by atoms with van der Waals surface area (Å²) in [5.41, 5.74) is 0.943. The van der Waals surface area contributed by atoms with Crippen LogP contribution in [0.2, 0.25) is 0 Å². The number of benzene rings is 4. The summed E-state index contributed by atoms with van der Waals surface area (Å²) < 4.78 is 1.64. The molecule has 0 N–H and O–H groups in total. The van der Waals surface area contributed by atoms with E-state index < -0.39 is 21.2 Å². The van der Waals surface area contributed by atoms with Gasteiger partial charge >= 0.3 is 5.37 Å². The van der Waals surface area contributed by atoms with Crippen LogP contribution in [0, 0.1) is 0 Å². The number of nitrogens with zero attached hydrogens (tertiary/aromatic N) is 1. The number of carbonyl (C=O) groups excluding carboxylic acids is 1. The van der Waals surface area contributed by atoms with Crippen LogP contribution in [0.4, 0.5) is 4.79 Å². The second-order valence-electron chi connectivity index (χ2n) is 8.08. The summed E-state index contributed by atoms with van der Waals surface area (Å²) in [6.45, 7) is 0. The van der Waals surface area contributed by atoms with Crippen LogP contribution in [0.1, 0.15) is 5.69 Å². The Labute approximate surface area is 213 Å². The molecule has 2 nitrogen and oxygen atoms in total. The van der Waals surface area contributed by atoms with Crippen LogP contribution in [0.25, 0.3) is 0 Å². The number of aromatic nitrogens is 1. The minimum absolute atomic E-state index is 0.474. The van der Waals surface area contributed by atoms with Gasteiger partial charge in [0.25, 0.3) is 0 Å². The lowest BCUT2D eigenvalue weighted by molar-refractivity contribution is 0.260. The minimum atomic E-state index is -0.824. The van der Waals surface area contributed by atoms with Crippen molar-refractivity contribution in [3.63, 3.8) is 0 Å². The molecule has 0 saturated carbocycles. The number of carbonyl (C=O) groups is 1. The maximum atomic E-state index is 12.6. The zero-order valence-electron chi connectivity index (χ0n) is 19.0.